The van der Waals surface area contributed by atoms with Gasteiger partial charge in [0.1, 0.15) is 12.4 Å². The van der Waals surface area contributed by atoms with Crippen LogP contribution in [-0.4, -0.2) is 35.7 Å². The van der Waals surface area contributed by atoms with Crippen LogP contribution >= 0.6 is 0 Å². The number of pyridine rings is 1. The van der Waals surface area contributed by atoms with E-state index in [1.807, 2.05) is 24.3 Å². The summed E-state index contributed by atoms with van der Waals surface area (Å²) >= 11 is 0. The molecule has 2 fully saturated rings. The normalized spacial score (nSPS) is 23.8. The molecule has 0 amide bonds. The summed E-state index contributed by atoms with van der Waals surface area (Å²) in [5.41, 5.74) is 2.26. The molecule has 25 heavy (non-hydrogen) atoms. The van der Waals surface area contributed by atoms with Crippen LogP contribution in [0.4, 0.5) is 0 Å². The molecule has 2 atom stereocenters. The Hall–Kier alpha value is -1.91. The van der Waals surface area contributed by atoms with Crippen molar-refractivity contribution in [3.8, 4) is 5.75 Å². The van der Waals surface area contributed by atoms with Crippen molar-refractivity contribution in [2.45, 2.75) is 38.5 Å². The fourth-order valence-electron chi connectivity index (χ4n) is 3.94. The van der Waals surface area contributed by atoms with Crippen LogP contribution in [0.3, 0.4) is 0 Å². The molecule has 2 aromatic rings. The van der Waals surface area contributed by atoms with Gasteiger partial charge in [0.25, 0.3) is 0 Å². The third-order valence-corrected chi connectivity index (χ3v) is 5.22. The average Bonchev–Trinajstić information content (AvgIpc) is 2.67. The minimum Gasteiger partial charge on any atom is -0.487 e. The topological polar surface area (TPSA) is 34.6 Å². The zero-order valence-corrected chi connectivity index (χ0v) is 14.6. The van der Waals surface area contributed by atoms with Crippen LogP contribution in [-0.2, 0) is 17.9 Å². The Kier molecular flexibility index (Phi) is 5.28. The van der Waals surface area contributed by atoms with Gasteiger partial charge in [-0.25, -0.2) is 0 Å². The van der Waals surface area contributed by atoms with Crippen LogP contribution in [0.1, 0.15) is 30.5 Å². The molecule has 1 aromatic carbocycles. The average molecular weight is 338 g/mol. The summed E-state index contributed by atoms with van der Waals surface area (Å²) in [5, 5.41) is 0. The summed E-state index contributed by atoms with van der Waals surface area (Å²) in [5.74, 6) is 1.63. The number of aromatic nitrogens is 1. The minimum atomic E-state index is 0.498. The number of hydrogen-bond donors (Lipinski definition) is 0. The molecule has 3 heterocycles. The Bertz CT molecular complexity index is 677. The number of likely N-dealkylation sites (tertiary alicyclic amines) is 1. The van der Waals surface area contributed by atoms with E-state index in [1.54, 1.807) is 6.20 Å². The zero-order chi connectivity index (χ0) is 16.9. The largest absolute Gasteiger partial charge is 0.487 e. The number of fused-ring (bicyclic) bond motifs is 1. The Morgan fingerprint density at radius 3 is 3.08 bits per heavy atom. The van der Waals surface area contributed by atoms with Gasteiger partial charge in [0.2, 0.25) is 0 Å². The van der Waals surface area contributed by atoms with Gasteiger partial charge < -0.3 is 9.47 Å². The fourth-order valence-corrected chi connectivity index (χ4v) is 3.94. The van der Waals surface area contributed by atoms with Gasteiger partial charge in [-0.3, -0.25) is 9.88 Å². The molecule has 0 radical (unpaired) electrons. The van der Waals surface area contributed by atoms with E-state index in [0.717, 1.165) is 37.7 Å². The van der Waals surface area contributed by atoms with Gasteiger partial charge in [0.15, 0.2) is 0 Å². The quantitative estimate of drug-likeness (QED) is 0.833. The molecule has 2 saturated heterocycles. The molecule has 2 aliphatic heterocycles. The lowest BCUT2D eigenvalue weighted by atomic mass is 9.88. The molecule has 0 spiro atoms. The molecule has 2 aliphatic rings. The van der Waals surface area contributed by atoms with Crippen molar-refractivity contribution in [3.63, 3.8) is 0 Å². The molecule has 4 nitrogen and oxygen atoms in total. The van der Waals surface area contributed by atoms with Gasteiger partial charge in [-0.15, -0.1) is 0 Å². The van der Waals surface area contributed by atoms with Crippen molar-refractivity contribution in [1.29, 1.82) is 0 Å². The van der Waals surface area contributed by atoms with Crippen LogP contribution < -0.4 is 4.74 Å². The summed E-state index contributed by atoms with van der Waals surface area (Å²) in [6.45, 7) is 4.74. The van der Waals surface area contributed by atoms with Crippen LogP contribution in [0.25, 0.3) is 0 Å². The molecule has 0 saturated carbocycles. The monoisotopic (exact) mass is 338 g/mol. The van der Waals surface area contributed by atoms with E-state index in [1.165, 1.54) is 24.8 Å². The summed E-state index contributed by atoms with van der Waals surface area (Å²) in [7, 11) is 0. The maximum absolute atomic E-state index is 5.92. The Labute approximate surface area is 149 Å². The first-order valence-corrected chi connectivity index (χ1v) is 9.32. The molecule has 0 unspecified atom stereocenters. The molecule has 0 N–H and O–H groups in total. The number of piperidine rings is 1. The van der Waals surface area contributed by atoms with E-state index in [2.05, 4.69) is 28.1 Å². The highest BCUT2D eigenvalue weighted by Crippen LogP contribution is 2.29. The Balaban J connectivity index is 1.33. The lowest BCUT2D eigenvalue weighted by molar-refractivity contribution is -0.0676. The highest BCUT2D eigenvalue weighted by Gasteiger charge is 2.31. The number of nitrogens with zero attached hydrogens (tertiary/aromatic N) is 2. The first-order valence-electron chi connectivity index (χ1n) is 9.32. The summed E-state index contributed by atoms with van der Waals surface area (Å²) < 4.78 is 11.8. The lowest BCUT2D eigenvalue weighted by Crippen LogP contribution is -2.45. The molecular weight excluding hydrogens is 312 g/mol. The lowest BCUT2D eigenvalue weighted by Gasteiger charge is -2.41. The third kappa shape index (κ3) is 4.39. The SMILES string of the molecule is c1ccc(COc2cccc(CN3CC[C@@H]4OCCC[C@@H]4C3)c2)nc1. The summed E-state index contributed by atoms with van der Waals surface area (Å²) in [6, 6.07) is 14.3. The first kappa shape index (κ1) is 16.6. The second kappa shape index (κ2) is 7.98. The molecule has 132 valence electrons. The first-order chi connectivity index (χ1) is 12.4. The molecule has 4 rings (SSSR count). The van der Waals surface area contributed by atoms with Crippen molar-refractivity contribution in [1.82, 2.24) is 9.88 Å². The smallest absolute Gasteiger partial charge is 0.130 e. The van der Waals surface area contributed by atoms with Crippen molar-refractivity contribution < 1.29 is 9.47 Å². The van der Waals surface area contributed by atoms with Crippen LogP contribution in [0.5, 0.6) is 5.75 Å². The summed E-state index contributed by atoms with van der Waals surface area (Å²) in [4.78, 5) is 6.87. The molecule has 0 bridgehead atoms. The van der Waals surface area contributed by atoms with E-state index < -0.39 is 0 Å². The van der Waals surface area contributed by atoms with Gasteiger partial charge >= 0.3 is 0 Å². The van der Waals surface area contributed by atoms with Gasteiger partial charge in [-0.05, 0) is 55.0 Å². The van der Waals surface area contributed by atoms with Crippen molar-refractivity contribution in [2.24, 2.45) is 5.92 Å². The van der Waals surface area contributed by atoms with E-state index in [9.17, 15) is 0 Å². The molecule has 1 aromatic heterocycles. The predicted octanol–water partition coefficient (Wildman–Crippen LogP) is 3.66. The fraction of sp³-hybridized carbons (Fsp3) is 0.476. The van der Waals surface area contributed by atoms with Gasteiger partial charge in [0.05, 0.1) is 11.8 Å². The highest BCUT2D eigenvalue weighted by atomic mass is 16.5. The van der Waals surface area contributed by atoms with Crippen LogP contribution in [0, 0.1) is 5.92 Å². The molecular formula is C21H26N2O2. The van der Waals surface area contributed by atoms with Crippen molar-refractivity contribution >= 4 is 0 Å². The predicted molar refractivity (Wildman–Crippen MR) is 97.4 cm³/mol. The Morgan fingerprint density at radius 1 is 1.16 bits per heavy atom. The van der Waals surface area contributed by atoms with Crippen molar-refractivity contribution in [3.05, 3.63) is 59.9 Å². The number of ether oxygens (including phenoxy) is 2. The molecule has 0 aliphatic carbocycles. The summed E-state index contributed by atoms with van der Waals surface area (Å²) in [6.07, 6.45) is 5.99. The number of rotatable bonds is 5. The van der Waals surface area contributed by atoms with E-state index in [4.69, 9.17) is 9.47 Å². The van der Waals surface area contributed by atoms with Crippen LogP contribution in [0.15, 0.2) is 48.7 Å². The second-order valence-corrected chi connectivity index (χ2v) is 7.09. The number of benzene rings is 1. The maximum atomic E-state index is 5.92. The zero-order valence-electron chi connectivity index (χ0n) is 14.6. The van der Waals surface area contributed by atoms with Gasteiger partial charge in [-0.1, -0.05) is 18.2 Å². The Morgan fingerprint density at radius 2 is 2.16 bits per heavy atom. The maximum Gasteiger partial charge on any atom is 0.130 e. The molecule has 4 heteroatoms. The van der Waals surface area contributed by atoms with Gasteiger partial charge in [0, 0.05) is 32.4 Å². The highest BCUT2D eigenvalue weighted by molar-refractivity contribution is 5.28. The van der Waals surface area contributed by atoms with Crippen LogP contribution in [0.2, 0.25) is 0 Å². The van der Waals surface area contributed by atoms with Gasteiger partial charge in [-0.2, -0.15) is 0 Å². The van der Waals surface area contributed by atoms with Crippen molar-refractivity contribution in [2.75, 3.05) is 19.7 Å². The van der Waals surface area contributed by atoms with E-state index in [-0.39, 0.29) is 0 Å². The second-order valence-electron chi connectivity index (χ2n) is 7.09. The minimum absolute atomic E-state index is 0.498. The van der Waals surface area contributed by atoms with E-state index in [0.29, 0.717) is 18.6 Å². The standard InChI is InChI=1S/C21H26N2O2/c1-2-10-22-19(7-1)16-25-20-8-3-5-17(13-20)14-23-11-9-21-18(15-23)6-4-12-24-21/h1-3,5,7-8,10,13,18,21H,4,6,9,11-12,14-16H2/t18-,21+/m1/s1. The number of hydrogen-bond acceptors (Lipinski definition) is 4. The van der Waals surface area contributed by atoms with E-state index >= 15 is 0 Å². The third-order valence-electron chi connectivity index (χ3n) is 5.22.